The minimum absolute atomic E-state index is 0.338. The molecular formula is C25H29N3O. The van der Waals surface area contributed by atoms with Crippen LogP contribution in [0.3, 0.4) is 0 Å². The first kappa shape index (κ1) is 19.2. The molecule has 0 aliphatic carbocycles. The zero-order chi connectivity index (χ0) is 20.4. The highest BCUT2D eigenvalue weighted by molar-refractivity contribution is 6.09. The summed E-state index contributed by atoms with van der Waals surface area (Å²) in [5, 5.41) is 16.5. The van der Waals surface area contributed by atoms with Crippen LogP contribution in [-0.2, 0) is 13.1 Å². The number of hydrogen-bond acceptors (Lipinski definition) is 3. The molecule has 4 nitrogen and oxygen atoms in total. The van der Waals surface area contributed by atoms with Crippen LogP contribution < -0.4 is 10.2 Å². The second kappa shape index (κ2) is 8.08. The lowest BCUT2D eigenvalue weighted by Crippen LogP contribution is -2.21. The highest BCUT2D eigenvalue weighted by Crippen LogP contribution is 2.31. The Hall–Kier alpha value is -3.14. The van der Waals surface area contributed by atoms with Crippen molar-refractivity contribution in [2.75, 3.05) is 23.3 Å². The van der Waals surface area contributed by atoms with Gasteiger partial charge in [-0.3, -0.25) is 0 Å². The van der Waals surface area contributed by atoms with Gasteiger partial charge in [0.1, 0.15) is 5.75 Å². The predicted octanol–water partition coefficient (Wildman–Crippen LogP) is 5.98. The van der Waals surface area contributed by atoms with E-state index in [1.165, 1.54) is 21.8 Å². The van der Waals surface area contributed by atoms with Crippen LogP contribution in [0.4, 0.5) is 11.4 Å². The van der Waals surface area contributed by atoms with Gasteiger partial charge in [-0.25, -0.2) is 0 Å². The van der Waals surface area contributed by atoms with Crippen LogP contribution in [0.2, 0.25) is 0 Å². The summed E-state index contributed by atoms with van der Waals surface area (Å²) >= 11 is 0. The molecule has 1 heterocycles. The molecule has 29 heavy (non-hydrogen) atoms. The zero-order valence-electron chi connectivity index (χ0n) is 17.4. The summed E-state index contributed by atoms with van der Waals surface area (Å²) < 4.78 is 2.35. The van der Waals surface area contributed by atoms with Gasteiger partial charge in [-0.05, 0) is 51.1 Å². The standard InChI is InChI=1S/C25H29N3O/c1-4-27(5-2)20-13-11-18(25(29)16-20)17-26-19-12-14-24-22(15-19)21-9-7-8-10-23(21)28(24)6-3/h7-16,26,29H,4-6,17H2,1-3H3. The number of benzene rings is 3. The van der Waals surface area contributed by atoms with Crippen molar-refractivity contribution in [3.05, 3.63) is 66.2 Å². The molecule has 4 aromatic rings. The second-order valence-corrected chi connectivity index (χ2v) is 7.33. The Bertz CT molecular complexity index is 1140. The molecule has 0 aliphatic heterocycles. The van der Waals surface area contributed by atoms with Crippen molar-refractivity contribution in [1.82, 2.24) is 4.57 Å². The van der Waals surface area contributed by atoms with Gasteiger partial charge in [0.25, 0.3) is 0 Å². The third kappa shape index (κ3) is 3.51. The first-order valence-electron chi connectivity index (χ1n) is 10.5. The molecule has 0 saturated carbocycles. The number of phenolic OH excluding ortho intramolecular Hbond substituents is 1. The molecule has 1 aromatic heterocycles. The van der Waals surface area contributed by atoms with Crippen molar-refractivity contribution >= 4 is 33.2 Å². The number of aromatic hydroxyl groups is 1. The molecule has 3 aromatic carbocycles. The fourth-order valence-electron chi connectivity index (χ4n) is 4.19. The number of anilines is 2. The van der Waals surface area contributed by atoms with E-state index in [9.17, 15) is 5.11 Å². The Morgan fingerprint density at radius 2 is 1.62 bits per heavy atom. The molecule has 0 aliphatic rings. The van der Waals surface area contributed by atoms with Crippen LogP contribution in [0.5, 0.6) is 5.75 Å². The van der Waals surface area contributed by atoms with Crippen molar-refractivity contribution in [1.29, 1.82) is 0 Å². The topological polar surface area (TPSA) is 40.4 Å². The summed E-state index contributed by atoms with van der Waals surface area (Å²) in [5.41, 5.74) is 5.54. The number of fused-ring (bicyclic) bond motifs is 3. The predicted molar refractivity (Wildman–Crippen MR) is 124 cm³/mol. The van der Waals surface area contributed by atoms with Crippen LogP contribution in [-0.4, -0.2) is 22.8 Å². The van der Waals surface area contributed by atoms with Gasteiger partial charge < -0.3 is 19.9 Å². The minimum Gasteiger partial charge on any atom is -0.508 e. The molecule has 2 N–H and O–H groups in total. The van der Waals surface area contributed by atoms with E-state index in [0.29, 0.717) is 12.3 Å². The Morgan fingerprint density at radius 3 is 2.34 bits per heavy atom. The van der Waals surface area contributed by atoms with Crippen LogP contribution in [0.25, 0.3) is 21.8 Å². The lowest BCUT2D eigenvalue weighted by atomic mass is 10.1. The van der Waals surface area contributed by atoms with E-state index in [1.807, 2.05) is 12.1 Å². The summed E-state index contributed by atoms with van der Waals surface area (Å²) in [4.78, 5) is 2.23. The summed E-state index contributed by atoms with van der Waals surface area (Å²) in [5.74, 6) is 0.338. The summed E-state index contributed by atoms with van der Waals surface area (Å²) in [7, 11) is 0. The molecule has 0 unspecified atom stereocenters. The highest BCUT2D eigenvalue weighted by Gasteiger charge is 2.10. The third-order valence-electron chi connectivity index (χ3n) is 5.77. The van der Waals surface area contributed by atoms with E-state index in [1.54, 1.807) is 0 Å². The SMILES string of the molecule is CCN(CC)c1ccc(CNc2ccc3c(c2)c2ccccc2n3CC)c(O)c1. The number of para-hydroxylation sites is 1. The number of aromatic nitrogens is 1. The lowest BCUT2D eigenvalue weighted by molar-refractivity contribution is 0.469. The minimum atomic E-state index is 0.338. The molecule has 4 rings (SSSR count). The van der Waals surface area contributed by atoms with Gasteiger partial charge in [-0.1, -0.05) is 24.3 Å². The Morgan fingerprint density at radius 1 is 0.862 bits per heavy atom. The molecule has 0 atom stereocenters. The molecule has 0 amide bonds. The van der Waals surface area contributed by atoms with Crippen LogP contribution in [0.1, 0.15) is 26.3 Å². The van der Waals surface area contributed by atoms with E-state index in [0.717, 1.165) is 36.6 Å². The second-order valence-electron chi connectivity index (χ2n) is 7.33. The summed E-state index contributed by atoms with van der Waals surface area (Å²) in [6.07, 6.45) is 0. The van der Waals surface area contributed by atoms with Crippen molar-refractivity contribution < 1.29 is 5.11 Å². The maximum absolute atomic E-state index is 10.5. The fraction of sp³-hybridized carbons (Fsp3) is 0.280. The van der Waals surface area contributed by atoms with Gasteiger partial charge in [0, 0.05) is 71.0 Å². The van der Waals surface area contributed by atoms with E-state index in [2.05, 4.69) is 84.1 Å². The molecule has 150 valence electrons. The molecule has 0 fully saturated rings. The Kier molecular flexibility index (Phi) is 5.34. The molecule has 0 saturated heterocycles. The molecular weight excluding hydrogens is 358 g/mol. The fourth-order valence-corrected chi connectivity index (χ4v) is 4.19. The van der Waals surface area contributed by atoms with Crippen molar-refractivity contribution in [2.24, 2.45) is 0 Å². The van der Waals surface area contributed by atoms with Gasteiger partial charge in [-0.2, -0.15) is 0 Å². The number of aryl methyl sites for hydroxylation is 1. The average molecular weight is 388 g/mol. The van der Waals surface area contributed by atoms with Crippen LogP contribution in [0.15, 0.2) is 60.7 Å². The normalized spacial score (nSPS) is 11.3. The van der Waals surface area contributed by atoms with E-state index < -0.39 is 0 Å². The summed E-state index contributed by atoms with van der Waals surface area (Å²) in [6, 6.07) is 21.0. The van der Waals surface area contributed by atoms with Gasteiger partial charge >= 0.3 is 0 Å². The Labute approximate surface area is 172 Å². The van der Waals surface area contributed by atoms with E-state index in [-0.39, 0.29) is 0 Å². The maximum atomic E-state index is 10.5. The molecule has 0 radical (unpaired) electrons. The highest BCUT2D eigenvalue weighted by atomic mass is 16.3. The first-order chi connectivity index (χ1) is 14.2. The quantitative estimate of drug-likeness (QED) is 0.410. The largest absolute Gasteiger partial charge is 0.508 e. The number of nitrogens with one attached hydrogen (secondary N) is 1. The third-order valence-corrected chi connectivity index (χ3v) is 5.77. The number of rotatable bonds is 7. The van der Waals surface area contributed by atoms with E-state index >= 15 is 0 Å². The van der Waals surface area contributed by atoms with Gasteiger partial charge in [0.15, 0.2) is 0 Å². The van der Waals surface area contributed by atoms with Gasteiger partial charge in [-0.15, -0.1) is 0 Å². The van der Waals surface area contributed by atoms with Crippen molar-refractivity contribution in [2.45, 2.75) is 33.9 Å². The maximum Gasteiger partial charge on any atom is 0.122 e. The average Bonchev–Trinajstić information content (AvgIpc) is 3.07. The van der Waals surface area contributed by atoms with Gasteiger partial charge in [0.2, 0.25) is 0 Å². The Balaban J connectivity index is 1.60. The zero-order valence-corrected chi connectivity index (χ0v) is 17.4. The van der Waals surface area contributed by atoms with Crippen LogP contribution >= 0.6 is 0 Å². The lowest BCUT2D eigenvalue weighted by Gasteiger charge is -2.21. The number of phenols is 1. The first-order valence-corrected chi connectivity index (χ1v) is 10.5. The van der Waals surface area contributed by atoms with Crippen molar-refractivity contribution in [3.8, 4) is 5.75 Å². The smallest absolute Gasteiger partial charge is 0.122 e. The molecule has 0 bridgehead atoms. The molecule has 4 heteroatoms. The van der Waals surface area contributed by atoms with E-state index in [4.69, 9.17) is 0 Å². The molecule has 0 spiro atoms. The monoisotopic (exact) mass is 387 g/mol. The van der Waals surface area contributed by atoms with Crippen molar-refractivity contribution in [3.63, 3.8) is 0 Å². The number of hydrogen-bond donors (Lipinski definition) is 2. The van der Waals surface area contributed by atoms with Crippen LogP contribution in [0, 0.1) is 0 Å². The van der Waals surface area contributed by atoms with Gasteiger partial charge in [0.05, 0.1) is 0 Å². The number of nitrogens with zero attached hydrogens (tertiary/aromatic N) is 2. The summed E-state index contributed by atoms with van der Waals surface area (Å²) in [6.45, 7) is 9.83.